The summed E-state index contributed by atoms with van der Waals surface area (Å²) in [6.07, 6.45) is -4.61. The number of nitrogens with zero attached hydrogens (tertiary/aromatic N) is 5. The minimum Gasteiger partial charge on any atom is -0.459 e. The van der Waals surface area contributed by atoms with Crippen molar-refractivity contribution in [2.45, 2.75) is 192 Å². The molecule has 0 saturated carbocycles. The molecule has 4 heterocycles. The van der Waals surface area contributed by atoms with Crippen molar-refractivity contribution in [3.8, 4) is 0 Å². The molecule has 340 valence electrons. The van der Waals surface area contributed by atoms with E-state index in [9.17, 15) is 25.2 Å². The minimum absolute atomic E-state index is 0.155. The molecule has 0 amide bonds. The number of hydrogen-bond acceptors (Lipinski definition) is 16. The fourth-order valence-electron chi connectivity index (χ4n) is 9.67. The molecular formula is C41H77BN6O11. The summed E-state index contributed by atoms with van der Waals surface area (Å²) in [5.74, 6) is -2.59. The van der Waals surface area contributed by atoms with Gasteiger partial charge in [0.25, 0.3) is 7.98 Å². The summed E-state index contributed by atoms with van der Waals surface area (Å²) in [6, 6.07) is -1.36. The van der Waals surface area contributed by atoms with Crippen molar-refractivity contribution in [2.24, 2.45) is 23.5 Å². The maximum absolute atomic E-state index is 14.4. The summed E-state index contributed by atoms with van der Waals surface area (Å²) in [6.45, 7) is 19.0. The SMILES string of the molecule is Bn1cc(CCN(C)[C@H]2C[C@@H](C)O[C@@H](O[C@@H]3[C@@H](C)[C@H](O[C@H]4C[C@@](C)(OC)[C@@H](N)[C@H](C)O4)[C@@H](C)C(=O)O[C@H](CC)[C@@](C)(O)[C@H](O)[C@@H](C)N(C)C[C@H](C)C[C@@]3(C)O)[C@@H]2O)nn1. The average molecular weight is 841 g/mol. The molecule has 3 aliphatic rings. The van der Waals surface area contributed by atoms with Gasteiger partial charge in [0.1, 0.15) is 23.9 Å². The van der Waals surface area contributed by atoms with E-state index in [0.29, 0.717) is 25.9 Å². The van der Waals surface area contributed by atoms with E-state index >= 15 is 0 Å². The van der Waals surface area contributed by atoms with Crippen LogP contribution in [0, 0.1) is 17.8 Å². The molecular weight excluding hydrogens is 763 g/mol. The number of esters is 1. The highest BCUT2D eigenvalue weighted by Gasteiger charge is 2.52. The molecule has 17 nitrogen and oxygen atoms in total. The van der Waals surface area contributed by atoms with E-state index in [1.54, 1.807) is 32.5 Å². The fourth-order valence-corrected chi connectivity index (χ4v) is 9.67. The molecule has 0 spiro atoms. The van der Waals surface area contributed by atoms with Crippen molar-refractivity contribution < 1.29 is 53.6 Å². The summed E-state index contributed by atoms with van der Waals surface area (Å²) in [7, 11) is 7.20. The molecule has 0 aromatic carbocycles. The van der Waals surface area contributed by atoms with Gasteiger partial charge in [-0.25, -0.2) is 0 Å². The molecule has 1 aromatic heterocycles. The highest BCUT2D eigenvalue weighted by Crippen LogP contribution is 2.40. The quantitative estimate of drug-likeness (QED) is 0.160. The first-order chi connectivity index (χ1) is 27.4. The van der Waals surface area contributed by atoms with Crippen LogP contribution in [0.4, 0.5) is 0 Å². The Balaban J connectivity index is 1.77. The zero-order chi connectivity index (χ0) is 44.4. The van der Waals surface area contributed by atoms with Gasteiger partial charge in [0, 0.05) is 57.2 Å². The molecule has 18 heteroatoms. The maximum atomic E-state index is 14.4. The predicted molar refractivity (Wildman–Crippen MR) is 223 cm³/mol. The number of likely N-dealkylation sites (N-methyl/N-ethyl adjacent to an activating group) is 2. The van der Waals surface area contributed by atoms with Gasteiger partial charge in [-0.15, -0.1) is 5.10 Å². The van der Waals surface area contributed by atoms with Crippen LogP contribution in [0.1, 0.15) is 101 Å². The summed E-state index contributed by atoms with van der Waals surface area (Å²) < 4.78 is 40.0. The lowest BCUT2D eigenvalue weighted by molar-refractivity contribution is -0.311. The van der Waals surface area contributed by atoms with Crippen LogP contribution in [0.3, 0.4) is 0 Å². The molecule has 6 N–H and O–H groups in total. The zero-order valence-electron chi connectivity index (χ0n) is 38.1. The first kappa shape index (κ1) is 49.8. The van der Waals surface area contributed by atoms with E-state index in [4.69, 9.17) is 34.2 Å². The third-order valence-electron chi connectivity index (χ3n) is 13.6. The number of aliphatic hydroxyl groups excluding tert-OH is 2. The monoisotopic (exact) mass is 841 g/mol. The molecule has 4 rings (SSSR count). The van der Waals surface area contributed by atoms with E-state index in [2.05, 4.69) is 15.2 Å². The first-order valence-electron chi connectivity index (χ1n) is 21.6. The Morgan fingerprint density at radius 3 is 2.32 bits per heavy atom. The molecule has 3 fully saturated rings. The standard InChI is InChI=1S/C41H77BN6O11/c1-14-30-41(10,53)35(50)26(6)47(12)20-22(2)18-39(8,52)36(59-38-32(49)29(17-23(3)55-38)46(11)16-15-28-21-48(42)45-44-28)24(4)33(25(5)37(51)57-30)58-31-19-40(9,54-13)34(43)27(7)56-31/h21-27,29-36,38,49-50,52-53H,14-20,42-43H2,1-13H3/t22-,23-,24+,25-,26-,27+,29+,30-,31+,32-,33+,34+,35-,36-,38+,39-,40-,41-/m1/s1. The van der Waals surface area contributed by atoms with Gasteiger partial charge in [-0.1, -0.05) is 26.0 Å². The number of methoxy groups -OCH3 is 1. The van der Waals surface area contributed by atoms with Crippen LogP contribution in [0.2, 0.25) is 0 Å². The van der Waals surface area contributed by atoms with Gasteiger partial charge >= 0.3 is 5.97 Å². The third kappa shape index (κ3) is 11.6. The number of hydrogen-bond donors (Lipinski definition) is 5. The number of aromatic nitrogens is 3. The van der Waals surface area contributed by atoms with E-state index in [1.807, 2.05) is 74.7 Å². The van der Waals surface area contributed by atoms with Crippen LogP contribution in [-0.2, 0) is 39.6 Å². The van der Waals surface area contributed by atoms with Crippen molar-refractivity contribution in [3.63, 3.8) is 0 Å². The Bertz CT molecular complexity index is 1490. The van der Waals surface area contributed by atoms with Crippen LogP contribution in [0.5, 0.6) is 0 Å². The van der Waals surface area contributed by atoms with Crippen molar-refractivity contribution in [3.05, 3.63) is 11.9 Å². The molecule has 1 aromatic rings. The Morgan fingerprint density at radius 2 is 1.73 bits per heavy atom. The molecule has 3 aliphatic heterocycles. The van der Waals surface area contributed by atoms with Gasteiger partial charge in [-0.2, -0.15) is 0 Å². The smallest absolute Gasteiger partial charge is 0.311 e. The van der Waals surface area contributed by atoms with Gasteiger partial charge in [-0.3, -0.25) is 4.79 Å². The molecule has 59 heavy (non-hydrogen) atoms. The van der Waals surface area contributed by atoms with E-state index in [0.717, 1.165) is 5.69 Å². The molecule has 0 radical (unpaired) electrons. The topological polar surface area (TPSA) is 217 Å². The number of nitrogens with two attached hydrogens (primary N) is 1. The lowest BCUT2D eigenvalue weighted by Gasteiger charge is -2.49. The predicted octanol–water partition coefficient (Wildman–Crippen LogP) is 0.468. The summed E-state index contributed by atoms with van der Waals surface area (Å²) in [5, 5.41) is 56.4. The Labute approximate surface area is 352 Å². The highest BCUT2D eigenvalue weighted by molar-refractivity contribution is 6.05. The Morgan fingerprint density at radius 1 is 1.07 bits per heavy atom. The molecule has 0 bridgehead atoms. The van der Waals surface area contributed by atoms with Crippen LogP contribution in [0.15, 0.2) is 6.20 Å². The second-order valence-corrected chi connectivity index (χ2v) is 18.9. The minimum atomic E-state index is -1.80. The van der Waals surface area contributed by atoms with E-state index in [-0.39, 0.29) is 37.3 Å². The van der Waals surface area contributed by atoms with Crippen LogP contribution in [0.25, 0.3) is 0 Å². The average Bonchev–Trinajstić information content (AvgIpc) is 3.59. The van der Waals surface area contributed by atoms with Gasteiger partial charge in [0.15, 0.2) is 12.6 Å². The number of ether oxygens (including phenoxy) is 6. The number of aliphatic hydroxyl groups is 4. The summed E-state index contributed by atoms with van der Waals surface area (Å²) >= 11 is 0. The maximum Gasteiger partial charge on any atom is 0.311 e. The summed E-state index contributed by atoms with van der Waals surface area (Å²) in [5.41, 5.74) is 3.17. The van der Waals surface area contributed by atoms with Crippen molar-refractivity contribution in [2.75, 3.05) is 34.3 Å². The second kappa shape index (κ2) is 20.1. The highest BCUT2D eigenvalue weighted by atomic mass is 16.7. The number of cyclic esters (lactones) is 1. The van der Waals surface area contributed by atoms with E-state index < -0.39 is 95.9 Å². The van der Waals surface area contributed by atoms with Gasteiger partial charge in [0.2, 0.25) is 0 Å². The van der Waals surface area contributed by atoms with Crippen molar-refractivity contribution >= 4 is 14.0 Å². The van der Waals surface area contributed by atoms with Crippen molar-refractivity contribution in [1.29, 1.82) is 0 Å². The molecule has 0 unspecified atom stereocenters. The molecule has 3 saturated heterocycles. The van der Waals surface area contributed by atoms with Crippen molar-refractivity contribution in [1.82, 2.24) is 24.7 Å². The number of rotatable bonds is 10. The van der Waals surface area contributed by atoms with Crippen LogP contribution < -0.4 is 5.73 Å². The fraction of sp³-hybridized carbons (Fsp3) is 0.927. The second-order valence-electron chi connectivity index (χ2n) is 18.9. The first-order valence-corrected chi connectivity index (χ1v) is 21.6. The van der Waals surface area contributed by atoms with E-state index in [1.165, 1.54) is 6.92 Å². The zero-order valence-corrected chi connectivity index (χ0v) is 38.1. The molecule has 18 atom stereocenters. The number of carbonyl (C=O) groups excluding carboxylic acids is 1. The number of carbonyl (C=O) groups is 1. The van der Waals surface area contributed by atoms with Crippen LogP contribution >= 0.6 is 0 Å². The lowest BCUT2D eigenvalue weighted by atomic mass is 9.77. The lowest BCUT2D eigenvalue weighted by Crippen LogP contribution is -2.62. The third-order valence-corrected chi connectivity index (χ3v) is 13.6. The molecule has 0 aliphatic carbocycles. The largest absolute Gasteiger partial charge is 0.459 e. The summed E-state index contributed by atoms with van der Waals surface area (Å²) in [4.78, 5) is 18.4. The van der Waals surface area contributed by atoms with Gasteiger partial charge in [0.05, 0.1) is 53.3 Å². The normalized spacial score (nSPS) is 45.1. The Kier molecular flexibility index (Phi) is 17.0. The van der Waals surface area contributed by atoms with Gasteiger partial charge < -0.3 is 69.0 Å². The van der Waals surface area contributed by atoms with Gasteiger partial charge in [-0.05, 0) is 87.7 Å². The van der Waals surface area contributed by atoms with Crippen LogP contribution in [-0.4, -0.2) is 184 Å². The Hall–Kier alpha value is -1.81.